The first-order chi connectivity index (χ1) is 10.9. The third kappa shape index (κ3) is 3.06. The van der Waals surface area contributed by atoms with Crippen LogP contribution in [-0.4, -0.2) is 54.7 Å². The zero-order chi connectivity index (χ0) is 16.6. The molecule has 0 aliphatic carbocycles. The predicted molar refractivity (Wildman–Crippen MR) is 88.1 cm³/mol. The molecule has 6 nitrogen and oxygen atoms in total. The Hall–Kier alpha value is -1.28. The molecule has 1 N–H and O–H groups in total. The first-order valence-corrected chi connectivity index (χ1v) is 8.35. The maximum absolute atomic E-state index is 12.9. The van der Waals surface area contributed by atoms with Gasteiger partial charge in [0.25, 0.3) is 5.91 Å². The van der Waals surface area contributed by atoms with E-state index in [4.69, 9.17) is 4.74 Å². The number of carbonyl (C=O) groups excluding carboxylic acids is 2. The molecule has 1 aromatic carbocycles. The van der Waals surface area contributed by atoms with Crippen LogP contribution in [0.15, 0.2) is 22.7 Å². The van der Waals surface area contributed by atoms with Crippen molar-refractivity contribution in [3.8, 4) is 0 Å². The van der Waals surface area contributed by atoms with Crippen LogP contribution in [0.3, 0.4) is 0 Å². The minimum Gasteiger partial charge on any atom is -0.379 e. The molecular weight excluding hydrogens is 364 g/mol. The van der Waals surface area contributed by atoms with Crippen LogP contribution in [0, 0.1) is 0 Å². The van der Waals surface area contributed by atoms with Crippen LogP contribution in [0.1, 0.15) is 18.9 Å². The monoisotopic (exact) mass is 382 g/mol. The van der Waals surface area contributed by atoms with Crippen molar-refractivity contribution < 1.29 is 19.4 Å². The molecule has 0 bridgehead atoms. The molecule has 1 atom stereocenters. The molecule has 2 aliphatic rings. The molecule has 0 saturated carbocycles. The summed E-state index contributed by atoms with van der Waals surface area (Å²) in [6.07, 6.45) is -0.213. The molecular formula is C16H19BrN2O4. The molecule has 3 rings (SSSR count). The lowest BCUT2D eigenvalue weighted by Gasteiger charge is -2.31. The molecule has 0 spiro atoms. The van der Waals surface area contributed by atoms with Gasteiger partial charge in [-0.1, -0.05) is 15.9 Å². The summed E-state index contributed by atoms with van der Waals surface area (Å²) in [5.74, 6) is -0.660. The minimum absolute atomic E-state index is 0.213. The van der Waals surface area contributed by atoms with Gasteiger partial charge in [0.2, 0.25) is 0 Å². The van der Waals surface area contributed by atoms with Crippen molar-refractivity contribution in [3.63, 3.8) is 0 Å². The molecule has 23 heavy (non-hydrogen) atoms. The summed E-state index contributed by atoms with van der Waals surface area (Å²) in [5.41, 5.74) is -0.634. The third-order valence-corrected chi connectivity index (χ3v) is 4.74. The highest BCUT2D eigenvalue weighted by Crippen LogP contribution is 2.43. The SMILES string of the molecule is CC(=O)C[C@]1(O)C(=O)N(CN2CCOCC2)c2ccc(Br)cc21. The number of halogens is 1. The highest BCUT2D eigenvalue weighted by Gasteiger charge is 2.50. The zero-order valence-corrected chi connectivity index (χ0v) is 14.5. The number of benzene rings is 1. The van der Waals surface area contributed by atoms with Crippen LogP contribution in [0.25, 0.3) is 0 Å². The van der Waals surface area contributed by atoms with E-state index in [9.17, 15) is 14.7 Å². The van der Waals surface area contributed by atoms with Gasteiger partial charge in [0, 0.05) is 29.5 Å². The van der Waals surface area contributed by atoms with Crippen LogP contribution in [0.4, 0.5) is 5.69 Å². The van der Waals surface area contributed by atoms with Gasteiger partial charge >= 0.3 is 0 Å². The molecule has 1 amide bonds. The lowest BCUT2D eigenvalue weighted by atomic mass is 9.90. The van der Waals surface area contributed by atoms with Gasteiger partial charge in [-0.05, 0) is 25.1 Å². The third-order valence-electron chi connectivity index (χ3n) is 4.24. The number of ether oxygens (including phenoxy) is 1. The summed E-state index contributed by atoms with van der Waals surface area (Å²) in [7, 11) is 0. The van der Waals surface area contributed by atoms with Gasteiger partial charge < -0.3 is 9.84 Å². The summed E-state index contributed by atoms with van der Waals surface area (Å²) in [5, 5.41) is 10.9. The molecule has 7 heteroatoms. The highest BCUT2D eigenvalue weighted by molar-refractivity contribution is 9.10. The summed E-state index contributed by atoms with van der Waals surface area (Å²) >= 11 is 3.37. The van der Waals surface area contributed by atoms with E-state index in [1.807, 2.05) is 6.07 Å². The first-order valence-electron chi connectivity index (χ1n) is 7.56. The van der Waals surface area contributed by atoms with Gasteiger partial charge in [-0.2, -0.15) is 0 Å². The normalized spacial score (nSPS) is 24.8. The van der Waals surface area contributed by atoms with Crippen molar-refractivity contribution in [1.82, 2.24) is 4.90 Å². The van der Waals surface area contributed by atoms with Crippen LogP contribution in [0.2, 0.25) is 0 Å². The number of ketones is 1. The van der Waals surface area contributed by atoms with Crippen LogP contribution < -0.4 is 4.90 Å². The number of Topliss-reactive ketones (excluding diaryl/α,β-unsaturated/α-hetero) is 1. The second-order valence-corrected chi connectivity index (χ2v) is 6.92. The van der Waals surface area contributed by atoms with Gasteiger partial charge in [-0.3, -0.25) is 19.4 Å². The summed E-state index contributed by atoms with van der Waals surface area (Å²) in [6.45, 7) is 4.51. The second kappa shape index (κ2) is 6.32. The fourth-order valence-electron chi connectivity index (χ4n) is 3.14. The lowest BCUT2D eigenvalue weighted by molar-refractivity contribution is -0.141. The molecule has 124 valence electrons. The first kappa shape index (κ1) is 16.6. The van der Waals surface area contributed by atoms with Crippen LogP contribution in [0.5, 0.6) is 0 Å². The second-order valence-electron chi connectivity index (χ2n) is 6.01. The van der Waals surface area contributed by atoms with E-state index < -0.39 is 11.5 Å². The molecule has 0 aromatic heterocycles. The number of aliphatic hydroxyl groups is 1. The van der Waals surface area contributed by atoms with Crippen molar-refractivity contribution in [3.05, 3.63) is 28.2 Å². The maximum atomic E-state index is 12.9. The number of fused-ring (bicyclic) bond motifs is 1. The zero-order valence-electron chi connectivity index (χ0n) is 12.9. The number of nitrogens with zero attached hydrogens (tertiary/aromatic N) is 2. The van der Waals surface area contributed by atoms with Crippen molar-refractivity contribution in [2.45, 2.75) is 18.9 Å². The van der Waals surface area contributed by atoms with E-state index in [1.54, 1.807) is 17.0 Å². The molecule has 2 aliphatic heterocycles. The number of hydrogen-bond acceptors (Lipinski definition) is 5. The lowest BCUT2D eigenvalue weighted by Crippen LogP contribution is -2.48. The van der Waals surface area contributed by atoms with Gasteiger partial charge in [0.15, 0.2) is 5.60 Å². The average molecular weight is 383 g/mol. The Morgan fingerprint density at radius 3 is 2.74 bits per heavy atom. The Bertz CT molecular complexity index is 645. The molecule has 1 fully saturated rings. The van der Waals surface area contributed by atoms with E-state index in [1.165, 1.54) is 6.92 Å². The Labute approximate surface area is 143 Å². The molecule has 2 heterocycles. The number of anilines is 1. The van der Waals surface area contributed by atoms with Crippen molar-refractivity contribution in [1.29, 1.82) is 0 Å². The Kier molecular flexibility index (Phi) is 4.55. The number of carbonyl (C=O) groups is 2. The summed E-state index contributed by atoms with van der Waals surface area (Å²) in [4.78, 5) is 28.1. The van der Waals surface area contributed by atoms with Gasteiger partial charge in [0.05, 0.1) is 25.6 Å². The number of rotatable bonds is 4. The van der Waals surface area contributed by atoms with Crippen LogP contribution >= 0.6 is 15.9 Å². The Balaban J connectivity index is 1.95. The van der Waals surface area contributed by atoms with E-state index in [-0.39, 0.29) is 12.2 Å². The molecule has 1 saturated heterocycles. The van der Waals surface area contributed by atoms with Crippen molar-refractivity contribution >= 4 is 33.3 Å². The van der Waals surface area contributed by atoms with Crippen molar-refractivity contribution in [2.24, 2.45) is 0 Å². The van der Waals surface area contributed by atoms with Crippen molar-refractivity contribution in [2.75, 3.05) is 37.9 Å². The summed E-state index contributed by atoms with van der Waals surface area (Å²) < 4.78 is 6.09. The standard InChI is InChI=1S/C16H19BrN2O4/c1-11(20)9-16(22)13-8-12(17)2-3-14(13)19(15(16)21)10-18-4-6-23-7-5-18/h2-3,8,22H,4-7,9-10H2,1H3/t16-/m1/s1. The fraction of sp³-hybridized carbons (Fsp3) is 0.500. The molecule has 0 unspecified atom stereocenters. The van der Waals surface area contributed by atoms with E-state index in [0.29, 0.717) is 31.1 Å². The average Bonchev–Trinajstić information content (AvgIpc) is 2.70. The highest BCUT2D eigenvalue weighted by atomic mass is 79.9. The van der Waals surface area contributed by atoms with Crippen LogP contribution in [-0.2, 0) is 19.9 Å². The largest absolute Gasteiger partial charge is 0.379 e. The minimum atomic E-state index is -1.78. The number of hydrogen-bond donors (Lipinski definition) is 1. The number of amides is 1. The van der Waals surface area contributed by atoms with E-state index in [2.05, 4.69) is 20.8 Å². The fourth-order valence-corrected chi connectivity index (χ4v) is 3.50. The van der Waals surface area contributed by atoms with E-state index >= 15 is 0 Å². The van der Waals surface area contributed by atoms with E-state index in [0.717, 1.165) is 17.6 Å². The number of morpholine rings is 1. The maximum Gasteiger partial charge on any atom is 0.265 e. The quantitative estimate of drug-likeness (QED) is 0.848. The summed E-state index contributed by atoms with van der Waals surface area (Å²) in [6, 6.07) is 5.35. The smallest absolute Gasteiger partial charge is 0.265 e. The topological polar surface area (TPSA) is 70.1 Å². The molecule has 1 aromatic rings. The van der Waals surface area contributed by atoms with Gasteiger partial charge in [0.1, 0.15) is 5.78 Å². The predicted octanol–water partition coefficient (Wildman–Crippen LogP) is 1.25. The Morgan fingerprint density at radius 1 is 1.39 bits per heavy atom. The molecule has 0 radical (unpaired) electrons. The van der Waals surface area contributed by atoms with Gasteiger partial charge in [-0.15, -0.1) is 0 Å². The Morgan fingerprint density at radius 2 is 2.09 bits per heavy atom. The van der Waals surface area contributed by atoms with Gasteiger partial charge in [-0.25, -0.2) is 0 Å².